The fraction of sp³-hybridized carbons (Fsp3) is 0.429. The maximum absolute atomic E-state index is 11.7. The molecule has 1 heterocycles. The average Bonchev–Trinajstić information content (AvgIpc) is 3.04. The van der Waals surface area contributed by atoms with E-state index in [9.17, 15) is 19.7 Å². The Balaban J connectivity index is 1.86. The highest BCUT2D eigenvalue weighted by molar-refractivity contribution is 5.81. The Morgan fingerprint density at radius 2 is 2.36 bits per heavy atom. The molecule has 0 aromatic heterocycles. The monoisotopic (exact) mass is 308 g/mol. The Hall–Kier alpha value is -2.48. The molecule has 1 aromatic carbocycles. The maximum atomic E-state index is 11.7. The second-order valence-corrected chi connectivity index (χ2v) is 4.82. The van der Waals surface area contributed by atoms with Crippen molar-refractivity contribution < 1.29 is 24.0 Å². The molecule has 1 saturated heterocycles. The average molecular weight is 308 g/mol. The summed E-state index contributed by atoms with van der Waals surface area (Å²) in [6, 6.07) is 3.62. The summed E-state index contributed by atoms with van der Waals surface area (Å²) in [4.78, 5) is 32.6. The summed E-state index contributed by atoms with van der Waals surface area (Å²) < 4.78 is 10.6. The molecule has 1 amide bonds. The molecule has 118 valence electrons. The van der Waals surface area contributed by atoms with Gasteiger partial charge in [-0.05, 0) is 18.9 Å². The topological polar surface area (TPSA) is 108 Å². The smallest absolute Gasteiger partial charge is 0.270 e. The molecule has 1 aromatic rings. The molecule has 1 aliphatic heterocycles. The van der Waals surface area contributed by atoms with Crippen LogP contribution in [0, 0.1) is 10.1 Å². The molecule has 1 N–H and O–H groups in total. The van der Waals surface area contributed by atoms with Crippen molar-refractivity contribution in [1.82, 2.24) is 5.32 Å². The summed E-state index contributed by atoms with van der Waals surface area (Å²) in [7, 11) is 0. The SMILES string of the molecule is O=Cc1cc([N+](=O)[O-])ccc1OCC(=O)NC[C@@H]1CCCO1. The summed E-state index contributed by atoms with van der Waals surface area (Å²) in [5, 5.41) is 13.3. The van der Waals surface area contributed by atoms with Crippen LogP contribution >= 0.6 is 0 Å². The van der Waals surface area contributed by atoms with Crippen molar-refractivity contribution in [2.75, 3.05) is 19.8 Å². The lowest BCUT2D eigenvalue weighted by Crippen LogP contribution is -2.35. The fourth-order valence-corrected chi connectivity index (χ4v) is 2.10. The van der Waals surface area contributed by atoms with Crippen LogP contribution in [0.4, 0.5) is 5.69 Å². The van der Waals surface area contributed by atoms with Crippen molar-refractivity contribution in [3.63, 3.8) is 0 Å². The molecule has 1 fully saturated rings. The fourth-order valence-electron chi connectivity index (χ4n) is 2.10. The molecule has 8 heteroatoms. The first kappa shape index (κ1) is 15.9. The van der Waals surface area contributed by atoms with E-state index in [2.05, 4.69) is 5.32 Å². The van der Waals surface area contributed by atoms with Crippen molar-refractivity contribution in [3.8, 4) is 5.75 Å². The zero-order chi connectivity index (χ0) is 15.9. The molecule has 0 bridgehead atoms. The lowest BCUT2D eigenvalue weighted by molar-refractivity contribution is -0.384. The van der Waals surface area contributed by atoms with Gasteiger partial charge in [0.15, 0.2) is 12.9 Å². The molecule has 0 aliphatic carbocycles. The number of benzene rings is 1. The van der Waals surface area contributed by atoms with Gasteiger partial charge in [-0.15, -0.1) is 0 Å². The standard InChI is InChI=1S/C14H16N2O6/c17-8-10-6-11(16(19)20)3-4-13(10)22-9-14(18)15-7-12-2-1-5-21-12/h3-4,6,8,12H,1-2,5,7,9H2,(H,15,18)/t12-/m0/s1. The molecule has 1 aliphatic rings. The summed E-state index contributed by atoms with van der Waals surface area (Å²) in [6.45, 7) is 0.858. The van der Waals surface area contributed by atoms with Gasteiger partial charge >= 0.3 is 0 Å². The van der Waals surface area contributed by atoms with Crippen LogP contribution in [-0.4, -0.2) is 43.0 Å². The highest BCUT2D eigenvalue weighted by Crippen LogP contribution is 2.22. The number of carbonyl (C=O) groups excluding carboxylic acids is 2. The van der Waals surface area contributed by atoms with E-state index in [1.54, 1.807) is 0 Å². The number of nitro groups is 1. The van der Waals surface area contributed by atoms with E-state index in [4.69, 9.17) is 9.47 Å². The number of nitro benzene ring substituents is 1. The van der Waals surface area contributed by atoms with Crippen molar-refractivity contribution in [2.24, 2.45) is 0 Å². The normalized spacial score (nSPS) is 17.0. The number of non-ortho nitro benzene ring substituents is 1. The van der Waals surface area contributed by atoms with Crippen molar-refractivity contribution in [1.29, 1.82) is 0 Å². The molecule has 22 heavy (non-hydrogen) atoms. The zero-order valence-electron chi connectivity index (χ0n) is 11.8. The van der Waals surface area contributed by atoms with Gasteiger partial charge in [0.1, 0.15) is 5.75 Å². The molecule has 0 unspecified atom stereocenters. The van der Waals surface area contributed by atoms with Crippen LogP contribution in [0.15, 0.2) is 18.2 Å². The Morgan fingerprint density at radius 3 is 3.00 bits per heavy atom. The van der Waals surface area contributed by atoms with Gasteiger partial charge in [0.25, 0.3) is 11.6 Å². The van der Waals surface area contributed by atoms with Gasteiger partial charge in [-0.3, -0.25) is 19.7 Å². The highest BCUT2D eigenvalue weighted by Gasteiger charge is 2.17. The number of aldehydes is 1. The molecular formula is C14H16N2O6. The van der Waals surface area contributed by atoms with E-state index in [0.717, 1.165) is 18.9 Å². The van der Waals surface area contributed by atoms with E-state index >= 15 is 0 Å². The van der Waals surface area contributed by atoms with Gasteiger partial charge in [-0.1, -0.05) is 0 Å². The summed E-state index contributed by atoms with van der Waals surface area (Å²) in [5.74, 6) is -0.210. The Labute approximate surface area is 126 Å². The number of carbonyl (C=O) groups is 2. The largest absolute Gasteiger partial charge is 0.483 e. The van der Waals surface area contributed by atoms with Crippen LogP contribution in [0.5, 0.6) is 5.75 Å². The second-order valence-electron chi connectivity index (χ2n) is 4.82. The molecule has 0 saturated carbocycles. The minimum Gasteiger partial charge on any atom is -0.483 e. The second kappa shape index (κ2) is 7.51. The van der Waals surface area contributed by atoms with E-state index in [0.29, 0.717) is 19.4 Å². The third-order valence-electron chi connectivity index (χ3n) is 3.24. The lowest BCUT2D eigenvalue weighted by atomic mass is 10.2. The molecule has 0 radical (unpaired) electrons. The van der Waals surface area contributed by atoms with Crippen molar-refractivity contribution in [2.45, 2.75) is 18.9 Å². The molecule has 2 rings (SSSR count). The molecule has 1 atom stereocenters. The third-order valence-corrected chi connectivity index (χ3v) is 3.24. The van der Waals surface area contributed by atoms with E-state index in [-0.39, 0.29) is 35.6 Å². The van der Waals surface area contributed by atoms with Gasteiger partial charge < -0.3 is 14.8 Å². The number of rotatable bonds is 7. The van der Waals surface area contributed by atoms with Crippen molar-refractivity contribution in [3.05, 3.63) is 33.9 Å². The number of nitrogens with zero attached hydrogens (tertiary/aromatic N) is 1. The summed E-state index contributed by atoms with van der Waals surface area (Å²) in [6.07, 6.45) is 2.39. The molecule has 8 nitrogen and oxygen atoms in total. The summed E-state index contributed by atoms with van der Waals surface area (Å²) >= 11 is 0. The Bertz CT molecular complexity index is 568. The van der Waals surface area contributed by atoms with E-state index in [1.807, 2.05) is 0 Å². The van der Waals surface area contributed by atoms with Crippen LogP contribution in [0.1, 0.15) is 23.2 Å². The van der Waals surface area contributed by atoms with Gasteiger partial charge in [-0.2, -0.15) is 0 Å². The lowest BCUT2D eigenvalue weighted by Gasteiger charge is -2.12. The van der Waals surface area contributed by atoms with Crippen LogP contribution in [0.3, 0.4) is 0 Å². The van der Waals surface area contributed by atoms with Crippen molar-refractivity contribution >= 4 is 17.9 Å². The van der Waals surface area contributed by atoms with E-state index in [1.165, 1.54) is 12.1 Å². The minimum absolute atomic E-state index is 0.0288. The molecule has 0 spiro atoms. The van der Waals surface area contributed by atoms with E-state index < -0.39 is 4.92 Å². The van der Waals surface area contributed by atoms with Gasteiger partial charge in [0.05, 0.1) is 16.6 Å². The number of nitrogens with one attached hydrogen (secondary N) is 1. The third kappa shape index (κ3) is 4.26. The number of hydrogen-bond acceptors (Lipinski definition) is 6. The van der Waals surface area contributed by atoms with Gasteiger partial charge in [-0.25, -0.2) is 0 Å². The predicted molar refractivity (Wildman–Crippen MR) is 76.0 cm³/mol. The minimum atomic E-state index is -0.606. The first-order valence-electron chi connectivity index (χ1n) is 6.85. The van der Waals surface area contributed by atoms with Crippen LogP contribution in [0.25, 0.3) is 0 Å². The Kier molecular flexibility index (Phi) is 5.42. The molecular weight excluding hydrogens is 292 g/mol. The maximum Gasteiger partial charge on any atom is 0.270 e. The quantitative estimate of drug-likeness (QED) is 0.459. The predicted octanol–water partition coefficient (Wildman–Crippen LogP) is 1.08. The van der Waals surface area contributed by atoms with Gasteiger partial charge in [0, 0.05) is 25.3 Å². The zero-order valence-corrected chi connectivity index (χ0v) is 11.8. The van der Waals surface area contributed by atoms with Crippen LogP contribution < -0.4 is 10.1 Å². The number of hydrogen-bond donors (Lipinski definition) is 1. The highest BCUT2D eigenvalue weighted by atomic mass is 16.6. The summed E-state index contributed by atoms with van der Waals surface area (Å²) in [5.41, 5.74) is -0.182. The van der Waals surface area contributed by atoms with Gasteiger partial charge in [0.2, 0.25) is 0 Å². The Morgan fingerprint density at radius 1 is 1.55 bits per heavy atom. The number of amides is 1. The van der Waals surface area contributed by atoms with Crippen LogP contribution in [0.2, 0.25) is 0 Å². The number of ether oxygens (including phenoxy) is 2. The first-order valence-corrected chi connectivity index (χ1v) is 6.85. The van der Waals surface area contributed by atoms with Crippen LogP contribution in [-0.2, 0) is 9.53 Å². The first-order chi connectivity index (χ1) is 10.6.